The van der Waals surface area contributed by atoms with Gasteiger partial charge in [-0.1, -0.05) is 164 Å². The molecule has 0 unspecified atom stereocenters. The third-order valence-corrected chi connectivity index (χ3v) is 8.09. The molecule has 8 aromatic rings. The quantitative estimate of drug-likeness (QED) is 0.182. The molecule has 0 bridgehead atoms. The van der Waals surface area contributed by atoms with Crippen LogP contribution in [-0.4, -0.2) is 24.5 Å². The molecule has 0 amide bonds. The van der Waals surface area contributed by atoms with Crippen molar-refractivity contribution in [3.05, 3.63) is 176 Å². The van der Waals surface area contributed by atoms with Crippen molar-refractivity contribution in [2.24, 2.45) is 0 Å². The van der Waals surface area contributed by atoms with Gasteiger partial charge in [-0.05, 0) is 12.1 Å². The van der Waals surface area contributed by atoms with Crippen LogP contribution in [0.15, 0.2) is 176 Å². The highest BCUT2D eigenvalue weighted by Crippen LogP contribution is 2.41. The molecule has 0 spiro atoms. The minimum absolute atomic E-state index is 0.585. The first-order valence-electron chi connectivity index (χ1n) is 15.6. The fraction of sp³-hybridized carbons (Fsp3) is 0. The summed E-state index contributed by atoms with van der Waals surface area (Å²) in [6.07, 6.45) is 0. The van der Waals surface area contributed by atoms with Gasteiger partial charge in [-0.25, -0.2) is 19.9 Å². The van der Waals surface area contributed by atoms with E-state index >= 15 is 0 Å². The number of benzene rings is 6. The van der Waals surface area contributed by atoms with Crippen molar-refractivity contribution in [1.29, 1.82) is 0 Å². The summed E-state index contributed by atoms with van der Waals surface area (Å²) in [5.41, 5.74) is 8.63. The van der Waals surface area contributed by atoms with E-state index in [4.69, 9.17) is 19.9 Å². The van der Waals surface area contributed by atoms with Crippen molar-refractivity contribution in [2.45, 2.75) is 0 Å². The van der Waals surface area contributed by atoms with Gasteiger partial charge in [0, 0.05) is 33.4 Å². The van der Waals surface area contributed by atoms with Crippen LogP contribution < -0.4 is 0 Å². The van der Waals surface area contributed by atoms with Crippen molar-refractivity contribution in [3.63, 3.8) is 0 Å². The Morgan fingerprint density at radius 2 is 0.723 bits per heavy atom. The summed E-state index contributed by atoms with van der Waals surface area (Å²) < 4.78 is 2.26. The maximum absolute atomic E-state index is 5.38. The van der Waals surface area contributed by atoms with Crippen LogP contribution in [0.2, 0.25) is 0 Å². The topological polar surface area (TPSA) is 56.5 Å². The van der Waals surface area contributed by atoms with Crippen LogP contribution in [0.25, 0.3) is 73.8 Å². The molecule has 0 radical (unpaired) electrons. The molecule has 0 aliphatic heterocycles. The average molecular weight is 604 g/mol. The van der Waals surface area contributed by atoms with Crippen LogP contribution in [-0.2, 0) is 0 Å². The SMILES string of the molecule is c1ccc(-c2nc(-c3ccccc3)nc(-c3ccccc3-n3c(-c4ccccc4)nc(-c4ccccc4)c3-c3ccccc3)n2)cc1. The van der Waals surface area contributed by atoms with Crippen molar-refractivity contribution in [1.82, 2.24) is 24.5 Å². The Balaban J connectivity index is 1.44. The van der Waals surface area contributed by atoms with E-state index in [0.717, 1.165) is 56.3 Å². The van der Waals surface area contributed by atoms with Gasteiger partial charge >= 0.3 is 0 Å². The number of hydrogen-bond donors (Lipinski definition) is 0. The second-order valence-electron chi connectivity index (χ2n) is 11.1. The Hall–Kier alpha value is -6.46. The third-order valence-electron chi connectivity index (χ3n) is 8.09. The zero-order chi connectivity index (χ0) is 31.4. The Morgan fingerprint density at radius 3 is 1.26 bits per heavy atom. The summed E-state index contributed by atoms with van der Waals surface area (Å²) in [5.74, 6) is 2.65. The first-order chi connectivity index (χ1) is 23.3. The molecule has 5 nitrogen and oxygen atoms in total. The molecule has 47 heavy (non-hydrogen) atoms. The Kier molecular flexibility index (Phi) is 7.46. The molecule has 0 aliphatic carbocycles. The second-order valence-corrected chi connectivity index (χ2v) is 11.1. The van der Waals surface area contributed by atoms with Crippen molar-refractivity contribution >= 4 is 0 Å². The lowest BCUT2D eigenvalue weighted by atomic mass is 10.0. The highest BCUT2D eigenvalue weighted by atomic mass is 15.1. The molecule has 2 aromatic heterocycles. The monoisotopic (exact) mass is 603 g/mol. The fourth-order valence-corrected chi connectivity index (χ4v) is 5.88. The number of imidazole rings is 1. The molecule has 8 rings (SSSR count). The van der Waals surface area contributed by atoms with Gasteiger partial charge in [0.15, 0.2) is 17.5 Å². The molecular weight excluding hydrogens is 574 g/mol. The van der Waals surface area contributed by atoms with Crippen molar-refractivity contribution in [3.8, 4) is 73.8 Å². The van der Waals surface area contributed by atoms with Gasteiger partial charge < -0.3 is 0 Å². The number of hydrogen-bond acceptors (Lipinski definition) is 4. The predicted octanol–water partition coefficient (Wildman–Crippen LogP) is 10.1. The van der Waals surface area contributed by atoms with E-state index in [-0.39, 0.29) is 0 Å². The van der Waals surface area contributed by atoms with Crippen LogP contribution in [0, 0.1) is 0 Å². The molecule has 0 saturated carbocycles. The minimum atomic E-state index is 0.585. The molecule has 222 valence electrons. The van der Waals surface area contributed by atoms with Crippen LogP contribution >= 0.6 is 0 Å². The summed E-state index contributed by atoms with van der Waals surface area (Å²) in [7, 11) is 0. The summed E-state index contributed by atoms with van der Waals surface area (Å²) in [5, 5.41) is 0. The number of para-hydroxylation sites is 1. The highest BCUT2D eigenvalue weighted by Gasteiger charge is 2.25. The summed E-state index contributed by atoms with van der Waals surface area (Å²) in [4.78, 5) is 20.5. The van der Waals surface area contributed by atoms with Gasteiger partial charge in [-0.2, -0.15) is 0 Å². The predicted molar refractivity (Wildman–Crippen MR) is 190 cm³/mol. The zero-order valence-electron chi connectivity index (χ0n) is 25.5. The number of rotatable bonds is 7. The first-order valence-corrected chi connectivity index (χ1v) is 15.6. The first kappa shape index (κ1) is 28.0. The molecule has 0 saturated heterocycles. The standard InChI is InChI=1S/C42H29N5/c1-6-18-30(19-7-1)37-38(31-20-8-2-9-21-31)47(42(43-37)34-26-14-5-15-27-34)36-29-17-16-28-35(36)41-45-39(32-22-10-3-11-23-32)44-40(46-41)33-24-12-4-13-25-33/h1-29H. The average Bonchev–Trinajstić information content (AvgIpc) is 3.57. The second kappa shape index (κ2) is 12.5. The lowest BCUT2D eigenvalue weighted by molar-refractivity contribution is 1.04. The molecule has 2 heterocycles. The summed E-state index contributed by atoms with van der Waals surface area (Å²) >= 11 is 0. The molecular formula is C42H29N5. The van der Waals surface area contributed by atoms with E-state index in [1.807, 2.05) is 84.9 Å². The molecule has 5 heteroatoms. The molecule has 0 aliphatic rings. The van der Waals surface area contributed by atoms with Crippen LogP contribution in [0.5, 0.6) is 0 Å². The largest absolute Gasteiger partial charge is 0.291 e. The number of aromatic nitrogens is 5. The van der Waals surface area contributed by atoms with Gasteiger partial charge in [0.2, 0.25) is 0 Å². The van der Waals surface area contributed by atoms with E-state index in [2.05, 4.69) is 95.6 Å². The van der Waals surface area contributed by atoms with Crippen LogP contribution in [0.3, 0.4) is 0 Å². The van der Waals surface area contributed by atoms with E-state index in [0.29, 0.717) is 17.5 Å². The lowest BCUT2D eigenvalue weighted by Gasteiger charge is -2.17. The van der Waals surface area contributed by atoms with Gasteiger partial charge in [0.1, 0.15) is 5.82 Å². The Bertz CT molecular complexity index is 2210. The van der Waals surface area contributed by atoms with E-state index in [1.165, 1.54) is 0 Å². The van der Waals surface area contributed by atoms with E-state index < -0.39 is 0 Å². The van der Waals surface area contributed by atoms with Gasteiger partial charge in [-0.15, -0.1) is 0 Å². The maximum atomic E-state index is 5.38. The lowest BCUT2D eigenvalue weighted by Crippen LogP contribution is -2.05. The molecule has 0 N–H and O–H groups in total. The van der Waals surface area contributed by atoms with E-state index in [1.54, 1.807) is 0 Å². The molecule has 0 atom stereocenters. The normalized spacial score (nSPS) is 11.0. The summed E-state index contributed by atoms with van der Waals surface area (Å²) in [6.45, 7) is 0. The van der Waals surface area contributed by atoms with E-state index in [9.17, 15) is 0 Å². The third kappa shape index (κ3) is 5.51. The van der Waals surface area contributed by atoms with Crippen LogP contribution in [0.4, 0.5) is 0 Å². The number of nitrogens with zero attached hydrogens (tertiary/aromatic N) is 5. The van der Waals surface area contributed by atoms with Crippen LogP contribution in [0.1, 0.15) is 0 Å². The Labute approximate surface area is 273 Å². The fourth-order valence-electron chi connectivity index (χ4n) is 5.88. The van der Waals surface area contributed by atoms with Gasteiger partial charge in [0.25, 0.3) is 0 Å². The molecule has 6 aromatic carbocycles. The highest BCUT2D eigenvalue weighted by molar-refractivity contribution is 5.86. The molecule has 0 fully saturated rings. The van der Waals surface area contributed by atoms with Gasteiger partial charge in [0.05, 0.1) is 17.1 Å². The van der Waals surface area contributed by atoms with Gasteiger partial charge in [-0.3, -0.25) is 4.57 Å². The Morgan fingerprint density at radius 1 is 0.319 bits per heavy atom. The maximum Gasteiger partial charge on any atom is 0.166 e. The van der Waals surface area contributed by atoms with Crippen molar-refractivity contribution < 1.29 is 0 Å². The smallest absolute Gasteiger partial charge is 0.166 e. The minimum Gasteiger partial charge on any atom is -0.291 e. The summed E-state index contributed by atoms with van der Waals surface area (Å²) in [6, 6.07) is 59.6. The van der Waals surface area contributed by atoms with Crippen molar-refractivity contribution in [2.75, 3.05) is 0 Å². The zero-order valence-corrected chi connectivity index (χ0v) is 25.5.